The largest absolute Gasteiger partial charge is 0.480 e. The first kappa shape index (κ1) is 63.2. The van der Waals surface area contributed by atoms with Crippen molar-refractivity contribution in [1.82, 2.24) is 0 Å². The first-order valence-electron chi connectivity index (χ1n) is 27.0. The minimum atomic E-state index is -4.63. The van der Waals surface area contributed by atoms with Gasteiger partial charge in [-0.2, -0.15) is 0 Å². The molecule has 0 rings (SSSR count). The number of phosphoric acid groups is 1. The summed E-state index contributed by atoms with van der Waals surface area (Å²) in [5.74, 6) is -1.78. The third-order valence-corrected chi connectivity index (χ3v) is 12.9. The third kappa shape index (κ3) is 49.9. The van der Waals surface area contributed by atoms with E-state index in [2.05, 4.69) is 50.3 Å². The van der Waals surface area contributed by atoms with E-state index < -0.39 is 45.1 Å². The molecule has 65 heavy (non-hydrogen) atoms. The Morgan fingerprint density at radius 2 is 0.846 bits per heavy atom. The van der Waals surface area contributed by atoms with Crippen molar-refractivity contribution in [2.75, 3.05) is 26.4 Å². The van der Waals surface area contributed by atoms with Crippen LogP contribution in [-0.4, -0.2) is 60.5 Å². The van der Waals surface area contributed by atoms with Crippen molar-refractivity contribution in [3.05, 3.63) is 36.5 Å². The SMILES string of the molecule is CCCCCCC/C=C\C/C=C\C/C=C\CCCCCCCCC(=O)OC(COCCCCCCCCCCCCCCCCCCCCCCCC)COP(=O)(O)OCC(N)C(=O)O. The molecular weight excluding hydrogens is 838 g/mol. The van der Waals surface area contributed by atoms with Crippen molar-refractivity contribution in [1.29, 1.82) is 0 Å². The number of allylic oxidation sites excluding steroid dienone is 6. The van der Waals surface area contributed by atoms with Crippen molar-refractivity contribution < 1.29 is 42.7 Å². The van der Waals surface area contributed by atoms with Crippen molar-refractivity contribution in [3.8, 4) is 0 Å². The van der Waals surface area contributed by atoms with E-state index in [9.17, 15) is 19.0 Å². The maximum absolute atomic E-state index is 12.7. The number of carbonyl (C=O) groups excluding carboxylic acids is 1. The summed E-state index contributed by atoms with van der Waals surface area (Å²) in [6.07, 6.45) is 59.2. The summed E-state index contributed by atoms with van der Waals surface area (Å²) in [5.41, 5.74) is 5.38. The summed E-state index contributed by atoms with van der Waals surface area (Å²) in [4.78, 5) is 33.7. The fourth-order valence-electron chi connectivity index (χ4n) is 7.73. The highest BCUT2D eigenvalue weighted by molar-refractivity contribution is 7.47. The van der Waals surface area contributed by atoms with Gasteiger partial charge in [0, 0.05) is 13.0 Å². The Morgan fingerprint density at radius 3 is 1.26 bits per heavy atom. The van der Waals surface area contributed by atoms with Crippen LogP contribution in [0.1, 0.15) is 258 Å². The lowest BCUT2D eigenvalue weighted by Crippen LogP contribution is -2.34. The number of carbonyl (C=O) groups is 2. The second-order valence-corrected chi connectivity index (χ2v) is 19.8. The van der Waals surface area contributed by atoms with Gasteiger partial charge >= 0.3 is 19.8 Å². The van der Waals surface area contributed by atoms with Gasteiger partial charge in [-0.1, -0.05) is 237 Å². The van der Waals surface area contributed by atoms with Gasteiger partial charge in [-0.05, 0) is 51.4 Å². The van der Waals surface area contributed by atoms with Gasteiger partial charge in [-0.15, -0.1) is 0 Å². The molecule has 0 aliphatic heterocycles. The second kappa shape index (κ2) is 50.1. The summed E-state index contributed by atoms with van der Waals surface area (Å²) in [6, 6.07) is -1.48. The number of hydrogen-bond donors (Lipinski definition) is 3. The second-order valence-electron chi connectivity index (χ2n) is 18.4. The molecule has 0 aliphatic carbocycles. The minimum Gasteiger partial charge on any atom is -0.480 e. The number of esters is 1. The Kier molecular flexibility index (Phi) is 48.7. The first-order chi connectivity index (χ1) is 31.7. The molecule has 0 fully saturated rings. The zero-order chi connectivity index (χ0) is 47.6. The number of carboxylic acid groups (broad SMARTS) is 1. The molecule has 0 bridgehead atoms. The van der Waals surface area contributed by atoms with Gasteiger partial charge in [-0.25, -0.2) is 4.57 Å². The maximum Gasteiger partial charge on any atom is 0.472 e. The Labute approximate surface area is 399 Å². The van der Waals surface area contributed by atoms with Crippen LogP contribution in [0.4, 0.5) is 0 Å². The number of ether oxygens (including phenoxy) is 2. The standard InChI is InChI=1S/C54H102NO9P/c1-3-5-7-9-11-13-15-17-19-21-23-25-27-29-31-33-35-37-39-41-43-45-47-61-48-51(49-62-65(59,60)63-50-52(55)54(57)58)64-53(56)46-44-42-40-38-36-34-32-30-28-26-24-22-20-18-16-14-12-10-8-6-4-2/h16,18,22,24,28,30,51-52H,3-15,17,19-21,23,25-27,29,31-50,55H2,1-2H3,(H,57,58)(H,59,60)/b18-16-,24-22-,30-28-. The Bertz CT molecular complexity index is 1180. The quantitative estimate of drug-likeness (QED) is 0.0232. The topological polar surface area (TPSA) is 155 Å². The lowest BCUT2D eigenvalue weighted by atomic mass is 10.0. The molecule has 3 atom stereocenters. The van der Waals surface area contributed by atoms with Crippen LogP contribution in [0.2, 0.25) is 0 Å². The zero-order valence-corrected chi connectivity index (χ0v) is 43.0. The number of hydrogen-bond acceptors (Lipinski definition) is 8. The van der Waals surface area contributed by atoms with Crippen LogP contribution in [0.5, 0.6) is 0 Å². The van der Waals surface area contributed by atoms with E-state index in [1.807, 2.05) is 0 Å². The lowest BCUT2D eigenvalue weighted by Gasteiger charge is -2.20. The zero-order valence-electron chi connectivity index (χ0n) is 42.1. The van der Waals surface area contributed by atoms with Crippen molar-refractivity contribution in [3.63, 3.8) is 0 Å². The summed E-state index contributed by atoms with van der Waals surface area (Å²) >= 11 is 0. The molecule has 3 unspecified atom stereocenters. The molecule has 0 aromatic carbocycles. The summed E-state index contributed by atoms with van der Waals surface area (Å²) < 4.78 is 33.5. The number of aliphatic carboxylic acids is 1. The number of unbranched alkanes of at least 4 members (excludes halogenated alkanes) is 32. The Hall–Kier alpha value is -1.81. The van der Waals surface area contributed by atoms with Gasteiger partial charge < -0.3 is 25.2 Å². The highest BCUT2D eigenvalue weighted by Crippen LogP contribution is 2.43. The van der Waals surface area contributed by atoms with Crippen LogP contribution < -0.4 is 5.73 Å². The normalized spacial score (nSPS) is 13.9. The molecule has 382 valence electrons. The average molecular weight is 940 g/mol. The summed E-state index contributed by atoms with van der Waals surface area (Å²) in [6.45, 7) is 3.91. The fraction of sp³-hybridized carbons (Fsp3) is 0.852. The highest BCUT2D eigenvalue weighted by atomic mass is 31.2. The molecular formula is C54H102NO9P. The Morgan fingerprint density at radius 1 is 0.492 bits per heavy atom. The van der Waals surface area contributed by atoms with Gasteiger partial charge in [0.15, 0.2) is 0 Å². The van der Waals surface area contributed by atoms with Gasteiger partial charge in [0.05, 0.1) is 19.8 Å². The monoisotopic (exact) mass is 940 g/mol. The van der Waals surface area contributed by atoms with Gasteiger partial charge in [-0.3, -0.25) is 18.6 Å². The maximum atomic E-state index is 12.7. The number of phosphoric ester groups is 1. The van der Waals surface area contributed by atoms with Crippen LogP contribution >= 0.6 is 7.82 Å². The Balaban J connectivity index is 4.12. The smallest absolute Gasteiger partial charge is 0.472 e. The van der Waals surface area contributed by atoms with E-state index in [1.54, 1.807) is 0 Å². The molecule has 0 saturated carbocycles. The minimum absolute atomic E-state index is 0.0149. The molecule has 0 spiro atoms. The molecule has 0 amide bonds. The van der Waals surface area contributed by atoms with E-state index >= 15 is 0 Å². The van der Waals surface area contributed by atoms with E-state index in [0.717, 1.165) is 70.6 Å². The number of nitrogens with two attached hydrogens (primary N) is 1. The van der Waals surface area contributed by atoms with Crippen molar-refractivity contribution >= 4 is 19.8 Å². The number of carboxylic acids is 1. The molecule has 0 saturated heterocycles. The lowest BCUT2D eigenvalue weighted by molar-refractivity contribution is -0.154. The predicted molar refractivity (Wildman–Crippen MR) is 272 cm³/mol. The fourth-order valence-corrected chi connectivity index (χ4v) is 8.51. The predicted octanol–water partition coefficient (Wildman–Crippen LogP) is 16.0. The first-order valence-corrected chi connectivity index (χ1v) is 28.5. The van der Waals surface area contributed by atoms with Crippen LogP contribution in [0.25, 0.3) is 0 Å². The molecule has 10 nitrogen and oxygen atoms in total. The van der Waals surface area contributed by atoms with Gasteiger partial charge in [0.25, 0.3) is 0 Å². The van der Waals surface area contributed by atoms with Crippen molar-refractivity contribution in [2.45, 2.75) is 270 Å². The molecule has 0 aliphatic rings. The van der Waals surface area contributed by atoms with Crippen LogP contribution in [0.15, 0.2) is 36.5 Å². The number of rotatable bonds is 52. The van der Waals surface area contributed by atoms with Crippen molar-refractivity contribution in [2.24, 2.45) is 5.73 Å². The third-order valence-electron chi connectivity index (χ3n) is 11.9. The van der Waals surface area contributed by atoms with E-state index in [0.29, 0.717) is 13.0 Å². The van der Waals surface area contributed by atoms with Gasteiger partial charge in [0.2, 0.25) is 0 Å². The summed E-state index contributed by atoms with van der Waals surface area (Å²) in [7, 11) is -4.63. The van der Waals surface area contributed by atoms with Crippen LogP contribution in [-0.2, 0) is 32.7 Å². The molecule has 11 heteroatoms. The molecule has 4 N–H and O–H groups in total. The van der Waals surface area contributed by atoms with E-state index in [4.69, 9.17) is 29.4 Å². The molecule has 0 aromatic rings. The van der Waals surface area contributed by atoms with Crippen LogP contribution in [0, 0.1) is 0 Å². The van der Waals surface area contributed by atoms with E-state index in [1.165, 1.54) is 161 Å². The molecule has 0 radical (unpaired) electrons. The average Bonchev–Trinajstić information content (AvgIpc) is 3.29. The van der Waals surface area contributed by atoms with Gasteiger partial charge in [0.1, 0.15) is 12.1 Å². The molecule has 0 aromatic heterocycles. The van der Waals surface area contributed by atoms with E-state index in [-0.39, 0.29) is 13.0 Å². The molecule has 0 heterocycles. The summed E-state index contributed by atoms with van der Waals surface area (Å²) in [5, 5.41) is 8.94. The van der Waals surface area contributed by atoms with Crippen LogP contribution in [0.3, 0.4) is 0 Å². The highest BCUT2D eigenvalue weighted by Gasteiger charge is 2.27.